The van der Waals surface area contributed by atoms with Gasteiger partial charge in [-0.2, -0.15) is 0 Å². The standard InChI is InChI=1S/C13H13NO2/c14-12-10(7-4-8-11(12)15)13(16)9-5-2-1-3-6-9/h1-8,13,15-16H,14H2. The summed E-state index contributed by atoms with van der Waals surface area (Å²) in [7, 11) is 0. The van der Waals surface area contributed by atoms with Gasteiger partial charge in [0.1, 0.15) is 11.9 Å². The largest absolute Gasteiger partial charge is 0.506 e. The number of phenolic OH excluding ortho intramolecular Hbond substituents is 1. The highest BCUT2D eigenvalue weighted by Gasteiger charge is 2.14. The number of benzene rings is 2. The molecule has 3 heteroatoms. The van der Waals surface area contributed by atoms with Gasteiger partial charge in [0, 0.05) is 5.56 Å². The molecule has 1 unspecified atom stereocenters. The Bertz CT molecular complexity index is 483. The lowest BCUT2D eigenvalue weighted by Gasteiger charge is -2.14. The average Bonchev–Trinajstić information content (AvgIpc) is 2.33. The van der Waals surface area contributed by atoms with Gasteiger partial charge in [-0.05, 0) is 11.6 Å². The van der Waals surface area contributed by atoms with Crippen molar-refractivity contribution in [2.75, 3.05) is 5.73 Å². The zero-order valence-corrected chi connectivity index (χ0v) is 8.67. The summed E-state index contributed by atoms with van der Waals surface area (Å²) in [5, 5.41) is 19.6. The van der Waals surface area contributed by atoms with Gasteiger partial charge in [0.2, 0.25) is 0 Å². The number of aliphatic hydroxyl groups excluding tert-OH is 1. The Morgan fingerprint density at radius 3 is 2.31 bits per heavy atom. The number of anilines is 1. The first-order valence-corrected chi connectivity index (χ1v) is 5.00. The van der Waals surface area contributed by atoms with Crippen LogP contribution in [0, 0.1) is 0 Å². The van der Waals surface area contributed by atoms with E-state index in [-0.39, 0.29) is 11.4 Å². The van der Waals surface area contributed by atoms with E-state index in [1.807, 2.05) is 30.3 Å². The monoisotopic (exact) mass is 215 g/mol. The zero-order chi connectivity index (χ0) is 11.5. The Morgan fingerprint density at radius 2 is 1.62 bits per heavy atom. The third-order valence-electron chi connectivity index (χ3n) is 2.53. The van der Waals surface area contributed by atoms with Crippen LogP contribution in [0.4, 0.5) is 5.69 Å². The third-order valence-corrected chi connectivity index (χ3v) is 2.53. The molecule has 16 heavy (non-hydrogen) atoms. The second kappa shape index (κ2) is 4.24. The smallest absolute Gasteiger partial charge is 0.138 e. The lowest BCUT2D eigenvalue weighted by molar-refractivity contribution is 0.220. The van der Waals surface area contributed by atoms with Crippen molar-refractivity contribution in [2.24, 2.45) is 0 Å². The van der Waals surface area contributed by atoms with Crippen molar-refractivity contribution in [1.29, 1.82) is 0 Å². The van der Waals surface area contributed by atoms with Crippen LogP contribution in [0.3, 0.4) is 0 Å². The molecule has 0 bridgehead atoms. The minimum Gasteiger partial charge on any atom is -0.506 e. The molecule has 1 atom stereocenters. The highest BCUT2D eigenvalue weighted by Crippen LogP contribution is 2.31. The number of rotatable bonds is 2. The first-order chi connectivity index (χ1) is 7.70. The summed E-state index contributed by atoms with van der Waals surface area (Å²) in [5.74, 6) is -0.00696. The third kappa shape index (κ3) is 1.85. The molecule has 0 amide bonds. The van der Waals surface area contributed by atoms with E-state index in [1.54, 1.807) is 12.1 Å². The SMILES string of the molecule is Nc1c(O)cccc1C(O)c1ccccc1. The molecule has 2 aromatic carbocycles. The molecule has 0 fully saturated rings. The van der Waals surface area contributed by atoms with E-state index in [0.717, 1.165) is 5.56 Å². The van der Waals surface area contributed by atoms with Gasteiger partial charge < -0.3 is 15.9 Å². The van der Waals surface area contributed by atoms with Crippen LogP contribution >= 0.6 is 0 Å². The molecule has 0 aliphatic carbocycles. The van der Waals surface area contributed by atoms with Gasteiger partial charge >= 0.3 is 0 Å². The fourth-order valence-corrected chi connectivity index (χ4v) is 1.62. The molecule has 0 radical (unpaired) electrons. The van der Waals surface area contributed by atoms with E-state index >= 15 is 0 Å². The number of aliphatic hydroxyl groups is 1. The average molecular weight is 215 g/mol. The summed E-state index contributed by atoms with van der Waals surface area (Å²) in [6.07, 6.45) is -0.812. The highest BCUT2D eigenvalue weighted by molar-refractivity contribution is 5.59. The van der Waals surface area contributed by atoms with Crippen molar-refractivity contribution < 1.29 is 10.2 Å². The van der Waals surface area contributed by atoms with Crippen molar-refractivity contribution >= 4 is 5.69 Å². The number of phenols is 1. The molecular weight excluding hydrogens is 202 g/mol. The summed E-state index contributed by atoms with van der Waals surface area (Å²) in [4.78, 5) is 0. The van der Waals surface area contributed by atoms with Crippen LogP contribution in [0.25, 0.3) is 0 Å². The van der Waals surface area contributed by atoms with Gasteiger partial charge in [-0.25, -0.2) is 0 Å². The van der Waals surface area contributed by atoms with E-state index in [2.05, 4.69) is 0 Å². The lowest BCUT2D eigenvalue weighted by Crippen LogP contribution is -2.03. The Hall–Kier alpha value is -2.00. The number of nitrogens with two attached hydrogens (primary N) is 1. The highest BCUT2D eigenvalue weighted by atomic mass is 16.3. The maximum atomic E-state index is 10.1. The number of nitrogen functional groups attached to an aromatic ring is 1. The predicted octanol–water partition coefficient (Wildman–Crippen LogP) is 2.06. The van der Waals surface area contributed by atoms with Crippen LogP contribution in [-0.2, 0) is 0 Å². The van der Waals surface area contributed by atoms with E-state index in [9.17, 15) is 10.2 Å². The van der Waals surface area contributed by atoms with Gasteiger partial charge in [0.25, 0.3) is 0 Å². The van der Waals surface area contributed by atoms with Crippen LogP contribution < -0.4 is 5.73 Å². The summed E-state index contributed by atoms with van der Waals surface area (Å²) in [6.45, 7) is 0. The molecule has 2 rings (SSSR count). The topological polar surface area (TPSA) is 66.5 Å². The van der Waals surface area contributed by atoms with Crippen LogP contribution in [0.15, 0.2) is 48.5 Å². The summed E-state index contributed by atoms with van der Waals surface area (Å²) >= 11 is 0. The second-order valence-corrected chi connectivity index (χ2v) is 3.59. The van der Waals surface area contributed by atoms with E-state index < -0.39 is 6.10 Å². The molecule has 2 aromatic rings. The number of para-hydroxylation sites is 1. The maximum absolute atomic E-state index is 10.1. The fraction of sp³-hybridized carbons (Fsp3) is 0.0769. The predicted molar refractivity (Wildman–Crippen MR) is 63.0 cm³/mol. The molecule has 0 aliphatic heterocycles. The van der Waals surface area contributed by atoms with Crippen molar-refractivity contribution in [3.8, 4) is 5.75 Å². The molecule has 0 saturated heterocycles. The number of hydrogen-bond donors (Lipinski definition) is 3. The Balaban J connectivity index is 2.42. The minimum atomic E-state index is -0.812. The van der Waals surface area contributed by atoms with Crippen LogP contribution in [0.2, 0.25) is 0 Å². The Labute approximate surface area is 93.8 Å². The second-order valence-electron chi connectivity index (χ2n) is 3.59. The van der Waals surface area contributed by atoms with Gasteiger partial charge in [-0.1, -0.05) is 42.5 Å². The summed E-state index contributed by atoms with van der Waals surface area (Å²) in [6, 6.07) is 14.1. The maximum Gasteiger partial charge on any atom is 0.138 e. The molecule has 0 aromatic heterocycles. The molecule has 0 heterocycles. The van der Waals surface area contributed by atoms with Gasteiger partial charge in [-0.3, -0.25) is 0 Å². The van der Waals surface area contributed by atoms with Crippen LogP contribution in [0.5, 0.6) is 5.75 Å². The Kier molecular flexibility index (Phi) is 2.79. The lowest BCUT2D eigenvalue weighted by atomic mass is 10.00. The molecule has 4 N–H and O–H groups in total. The van der Waals surface area contributed by atoms with E-state index in [1.165, 1.54) is 6.07 Å². The van der Waals surface area contributed by atoms with E-state index in [0.29, 0.717) is 5.56 Å². The van der Waals surface area contributed by atoms with Crippen molar-refractivity contribution in [2.45, 2.75) is 6.10 Å². The molecular formula is C13H13NO2. The van der Waals surface area contributed by atoms with Crippen molar-refractivity contribution in [3.05, 3.63) is 59.7 Å². The first kappa shape index (κ1) is 10.5. The van der Waals surface area contributed by atoms with Crippen LogP contribution in [-0.4, -0.2) is 10.2 Å². The fourth-order valence-electron chi connectivity index (χ4n) is 1.62. The normalized spacial score (nSPS) is 12.3. The zero-order valence-electron chi connectivity index (χ0n) is 8.67. The molecule has 0 aliphatic rings. The van der Waals surface area contributed by atoms with Gasteiger partial charge in [-0.15, -0.1) is 0 Å². The van der Waals surface area contributed by atoms with Gasteiger partial charge in [0.05, 0.1) is 5.69 Å². The molecule has 3 nitrogen and oxygen atoms in total. The molecule has 0 saturated carbocycles. The molecule has 82 valence electrons. The van der Waals surface area contributed by atoms with E-state index in [4.69, 9.17) is 5.73 Å². The van der Waals surface area contributed by atoms with Crippen molar-refractivity contribution in [3.63, 3.8) is 0 Å². The van der Waals surface area contributed by atoms with Crippen molar-refractivity contribution in [1.82, 2.24) is 0 Å². The quantitative estimate of drug-likeness (QED) is 0.530. The van der Waals surface area contributed by atoms with Gasteiger partial charge in [0.15, 0.2) is 0 Å². The first-order valence-electron chi connectivity index (χ1n) is 5.00. The number of aromatic hydroxyl groups is 1. The molecule has 0 spiro atoms. The minimum absolute atomic E-state index is 0.00696. The van der Waals surface area contributed by atoms with Crippen LogP contribution in [0.1, 0.15) is 17.2 Å². The Morgan fingerprint density at radius 1 is 0.938 bits per heavy atom. The summed E-state index contributed by atoms with van der Waals surface area (Å²) < 4.78 is 0. The summed E-state index contributed by atoms with van der Waals surface area (Å²) in [5.41, 5.74) is 7.20. The number of hydrogen-bond acceptors (Lipinski definition) is 3.